The van der Waals surface area contributed by atoms with E-state index in [9.17, 15) is 12.8 Å². The molecule has 11 heteroatoms. The van der Waals surface area contributed by atoms with E-state index in [4.69, 9.17) is 4.52 Å². The highest BCUT2D eigenvalue weighted by Crippen LogP contribution is 2.29. The number of sulfonamides is 1. The molecule has 5 rings (SSSR count). The van der Waals surface area contributed by atoms with Gasteiger partial charge < -0.3 is 9.84 Å². The zero-order valence-corrected chi connectivity index (χ0v) is 19.7. The Balaban J connectivity index is 1.38. The van der Waals surface area contributed by atoms with Gasteiger partial charge in [-0.25, -0.2) is 13.4 Å². The smallest absolute Gasteiger partial charge is 0.263 e. The topological polar surface area (TPSA) is 114 Å². The van der Waals surface area contributed by atoms with Crippen LogP contribution in [0.25, 0.3) is 16.8 Å². The van der Waals surface area contributed by atoms with Gasteiger partial charge in [-0.15, -0.1) is 0 Å². The molecule has 3 aromatic heterocycles. The van der Waals surface area contributed by atoms with Gasteiger partial charge in [-0.05, 0) is 31.0 Å². The highest BCUT2D eigenvalue weighted by atomic mass is 32.2. The van der Waals surface area contributed by atoms with Crippen LogP contribution in [0.4, 0.5) is 16.0 Å². The van der Waals surface area contributed by atoms with E-state index in [1.807, 2.05) is 43.3 Å². The molecule has 0 unspecified atom stereocenters. The van der Waals surface area contributed by atoms with E-state index in [1.165, 1.54) is 13.0 Å². The summed E-state index contributed by atoms with van der Waals surface area (Å²) in [5.74, 6) is -0.606. The van der Waals surface area contributed by atoms with E-state index in [-0.39, 0.29) is 10.7 Å². The molecule has 9 nitrogen and oxygen atoms in total. The SMILES string of the molecule is Cc1cc(NCc2ccc(-c3ccccc3S(=O)(=O)Nc3noc(C)c3F)cc2)n2nccc2n1. The Morgan fingerprint density at radius 3 is 2.57 bits per heavy atom. The lowest BCUT2D eigenvalue weighted by molar-refractivity contribution is 0.390. The highest BCUT2D eigenvalue weighted by molar-refractivity contribution is 7.92. The molecule has 0 aliphatic carbocycles. The molecule has 0 saturated heterocycles. The van der Waals surface area contributed by atoms with Crippen LogP contribution in [-0.2, 0) is 16.6 Å². The number of hydrogen-bond acceptors (Lipinski definition) is 7. The number of benzene rings is 2. The molecule has 0 fully saturated rings. The quantitative estimate of drug-likeness (QED) is 0.342. The average Bonchev–Trinajstić information content (AvgIpc) is 3.44. The number of nitrogens with one attached hydrogen (secondary N) is 2. The van der Waals surface area contributed by atoms with Gasteiger partial charge in [0.2, 0.25) is 11.6 Å². The molecular weight excluding hydrogens is 471 g/mol. The molecule has 2 aromatic carbocycles. The summed E-state index contributed by atoms with van der Waals surface area (Å²) in [5.41, 5.74) is 3.80. The predicted molar refractivity (Wildman–Crippen MR) is 129 cm³/mol. The number of hydrogen-bond donors (Lipinski definition) is 2. The second-order valence-electron chi connectivity index (χ2n) is 7.94. The summed E-state index contributed by atoms with van der Waals surface area (Å²) in [4.78, 5) is 4.43. The molecule has 0 amide bonds. The Morgan fingerprint density at radius 1 is 1.06 bits per heavy atom. The molecule has 5 aromatic rings. The second kappa shape index (κ2) is 8.84. The van der Waals surface area contributed by atoms with Crippen molar-refractivity contribution < 1.29 is 17.3 Å². The Kier molecular flexibility index (Phi) is 5.69. The van der Waals surface area contributed by atoms with Crippen molar-refractivity contribution in [1.82, 2.24) is 19.8 Å². The minimum absolute atomic E-state index is 0.000682. The van der Waals surface area contributed by atoms with Gasteiger partial charge in [0.05, 0.1) is 11.1 Å². The largest absolute Gasteiger partial charge is 0.366 e. The lowest BCUT2D eigenvalue weighted by atomic mass is 10.0. The third kappa shape index (κ3) is 4.45. The molecule has 2 N–H and O–H groups in total. The van der Waals surface area contributed by atoms with E-state index < -0.39 is 21.7 Å². The van der Waals surface area contributed by atoms with Gasteiger partial charge in [-0.3, -0.25) is 4.72 Å². The third-order valence-electron chi connectivity index (χ3n) is 5.42. The van der Waals surface area contributed by atoms with Crippen molar-refractivity contribution in [1.29, 1.82) is 0 Å². The summed E-state index contributed by atoms with van der Waals surface area (Å²) in [6, 6.07) is 17.8. The number of halogens is 1. The number of fused-ring (bicyclic) bond motifs is 1. The number of rotatable bonds is 7. The second-order valence-corrected chi connectivity index (χ2v) is 9.59. The maximum atomic E-state index is 14.1. The van der Waals surface area contributed by atoms with Crippen LogP contribution in [0, 0.1) is 19.7 Å². The normalized spacial score (nSPS) is 11.6. The fraction of sp³-hybridized carbons (Fsp3) is 0.125. The Bertz CT molecular complexity index is 1630. The Hall–Kier alpha value is -4.25. The Labute approximate surface area is 200 Å². The molecule has 178 valence electrons. The average molecular weight is 493 g/mol. The van der Waals surface area contributed by atoms with Crippen molar-refractivity contribution in [3.63, 3.8) is 0 Å². The van der Waals surface area contributed by atoms with Crippen LogP contribution >= 0.6 is 0 Å². The zero-order chi connectivity index (χ0) is 24.6. The van der Waals surface area contributed by atoms with Crippen molar-refractivity contribution in [2.24, 2.45) is 0 Å². The molecule has 35 heavy (non-hydrogen) atoms. The first kappa shape index (κ1) is 22.5. The van der Waals surface area contributed by atoms with Crippen molar-refractivity contribution in [2.75, 3.05) is 10.0 Å². The summed E-state index contributed by atoms with van der Waals surface area (Å²) >= 11 is 0. The van der Waals surface area contributed by atoms with Gasteiger partial charge in [-0.1, -0.05) is 47.6 Å². The number of aryl methyl sites for hydroxylation is 2. The van der Waals surface area contributed by atoms with Gasteiger partial charge in [0.1, 0.15) is 5.82 Å². The van der Waals surface area contributed by atoms with E-state index in [2.05, 4.69) is 25.3 Å². The summed E-state index contributed by atoms with van der Waals surface area (Å²) in [5, 5.41) is 11.1. The number of aromatic nitrogens is 4. The van der Waals surface area contributed by atoms with E-state index >= 15 is 0 Å². The standard InChI is InChI=1S/C24H21FN6O3S/c1-15-13-22(31-21(28-15)11-12-27-31)26-14-17-7-9-18(10-8-17)19-5-3-4-6-20(19)35(32,33)30-24-23(25)16(2)34-29-24/h3-13,26H,14H2,1-2H3,(H,29,30). The fourth-order valence-electron chi connectivity index (χ4n) is 3.71. The molecule has 0 spiro atoms. The van der Waals surface area contributed by atoms with Crippen molar-refractivity contribution in [3.05, 3.63) is 89.7 Å². The van der Waals surface area contributed by atoms with Crippen LogP contribution in [0.3, 0.4) is 0 Å². The molecule has 0 atom stereocenters. The van der Waals surface area contributed by atoms with Crippen LogP contribution in [0.5, 0.6) is 0 Å². The van der Waals surface area contributed by atoms with Gasteiger partial charge in [0.15, 0.2) is 11.4 Å². The first-order chi connectivity index (χ1) is 16.8. The maximum absolute atomic E-state index is 14.1. The van der Waals surface area contributed by atoms with Gasteiger partial charge in [0.25, 0.3) is 10.0 Å². The van der Waals surface area contributed by atoms with Gasteiger partial charge in [0, 0.05) is 29.9 Å². The highest BCUT2D eigenvalue weighted by Gasteiger charge is 2.23. The summed E-state index contributed by atoms with van der Waals surface area (Å²) in [6.45, 7) is 3.81. The molecular formula is C24H21FN6O3S. The molecule has 0 bridgehead atoms. The first-order valence-electron chi connectivity index (χ1n) is 10.7. The maximum Gasteiger partial charge on any atom is 0.263 e. The molecule has 0 aliphatic rings. The minimum atomic E-state index is -4.12. The summed E-state index contributed by atoms with van der Waals surface area (Å²) in [6.07, 6.45) is 1.69. The van der Waals surface area contributed by atoms with Crippen LogP contribution < -0.4 is 10.0 Å². The minimum Gasteiger partial charge on any atom is -0.366 e. The van der Waals surface area contributed by atoms with Crippen LogP contribution in [-0.4, -0.2) is 28.2 Å². The third-order valence-corrected chi connectivity index (χ3v) is 6.82. The summed E-state index contributed by atoms with van der Waals surface area (Å²) in [7, 11) is -4.12. The molecule has 3 heterocycles. The molecule has 0 saturated carbocycles. The number of nitrogens with zero attached hydrogens (tertiary/aromatic N) is 4. The van der Waals surface area contributed by atoms with E-state index in [0.29, 0.717) is 17.7 Å². The summed E-state index contributed by atoms with van der Waals surface area (Å²) < 4.78 is 48.7. The molecule has 0 radical (unpaired) electrons. The molecule has 0 aliphatic heterocycles. The lowest BCUT2D eigenvalue weighted by Gasteiger charge is -2.12. The number of anilines is 2. The monoisotopic (exact) mass is 492 g/mol. The predicted octanol–water partition coefficient (Wildman–Crippen LogP) is 4.55. The van der Waals surface area contributed by atoms with Gasteiger partial charge in [-0.2, -0.15) is 14.0 Å². The zero-order valence-electron chi connectivity index (χ0n) is 18.9. The van der Waals surface area contributed by atoms with Crippen LogP contribution in [0.15, 0.2) is 76.3 Å². The van der Waals surface area contributed by atoms with Crippen LogP contribution in [0.1, 0.15) is 17.0 Å². The van der Waals surface area contributed by atoms with Gasteiger partial charge >= 0.3 is 0 Å². The Morgan fingerprint density at radius 2 is 1.83 bits per heavy atom. The van der Waals surface area contributed by atoms with Crippen molar-refractivity contribution in [3.8, 4) is 11.1 Å². The van der Waals surface area contributed by atoms with E-state index in [0.717, 1.165) is 22.7 Å². The van der Waals surface area contributed by atoms with E-state index in [1.54, 1.807) is 28.9 Å². The lowest BCUT2D eigenvalue weighted by Crippen LogP contribution is -2.15. The first-order valence-corrected chi connectivity index (χ1v) is 12.2. The van der Waals surface area contributed by atoms with Crippen molar-refractivity contribution >= 4 is 27.3 Å². The van der Waals surface area contributed by atoms with Crippen molar-refractivity contribution in [2.45, 2.75) is 25.3 Å². The fourth-order valence-corrected chi connectivity index (χ4v) is 4.93. The van der Waals surface area contributed by atoms with Crippen LogP contribution in [0.2, 0.25) is 0 Å².